The number of amides is 1. The number of thioether (sulfide) groups is 1. The Morgan fingerprint density at radius 3 is 2.53 bits per heavy atom. The molecular weight excluding hydrogens is 468 g/mol. The van der Waals surface area contributed by atoms with Crippen LogP contribution in [0.5, 0.6) is 0 Å². The molecule has 1 saturated carbocycles. The van der Waals surface area contributed by atoms with E-state index >= 15 is 0 Å². The quantitative estimate of drug-likeness (QED) is 0.454. The summed E-state index contributed by atoms with van der Waals surface area (Å²) in [5.74, 6) is 1.36. The first-order chi connectivity index (χ1) is 16.2. The van der Waals surface area contributed by atoms with Crippen molar-refractivity contribution in [3.8, 4) is 11.4 Å². The molecule has 1 heterocycles. The van der Waals surface area contributed by atoms with Gasteiger partial charge < -0.3 is 5.32 Å². The van der Waals surface area contributed by atoms with Gasteiger partial charge in [-0.15, -0.1) is 10.2 Å². The van der Waals surface area contributed by atoms with Gasteiger partial charge in [-0.3, -0.25) is 9.36 Å². The Morgan fingerprint density at radius 2 is 1.85 bits per heavy atom. The van der Waals surface area contributed by atoms with Crippen LogP contribution in [-0.4, -0.2) is 41.1 Å². The zero-order chi connectivity index (χ0) is 24.3. The number of aromatic nitrogens is 3. The highest BCUT2D eigenvalue weighted by Gasteiger charge is 2.29. The van der Waals surface area contributed by atoms with Gasteiger partial charge in [0.15, 0.2) is 20.8 Å². The van der Waals surface area contributed by atoms with Crippen LogP contribution in [0, 0.1) is 12.8 Å². The molecule has 1 aliphatic carbocycles. The van der Waals surface area contributed by atoms with Gasteiger partial charge in [0.2, 0.25) is 5.91 Å². The number of sulfone groups is 1. The Kier molecular flexibility index (Phi) is 7.42. The number of rotatable bonds is 7. The molecule has 3 aromatic rings. The second kappa shape index (κ2) is 10.3. The fourth-order valence-corrected chi connectivity index (χ4v) is 5.87. The first-order valence-electron chi connectivity index (χ1n) is 11.5. The standard InChI is InChI=1S/C25H30N4O3S2/c1-17-7-6-9-19(15-17)24-27-28-25(29(24)22-10-5-4-8-18(22)2)33-16-23(30)26-20-11-13-21(14-12-20)34(3,31)32/h6-7,9,11-15,18,22H,4-5,8,10,16H2,1-3H3,(H,26,30)/t18-,22+/m1/s1. The molecule has 34 heavy (non-hydrogen) atoms. The van der Waals surface area contributed by atoms with Crippen molar-refractivity contribution in [3.05, 3.63) is 54.1 Å². The van der Waals surface area contributed by atoms with Crippen LogP contribution in [0.1, 0.15) is 44.2 Å². The SMILES string of the molecule is Cc1cccc(-c2nnc(SCC(=O)Nc3ccc(S(C)(=O)=O)cc3)n2[C@H]2CCCC[C@H]2C)c1. The van der Waals surface area contributed by atoms with E-state index in [0.717, 1.165) is 29.2 Å². The Bertz CT molecular complexity index is 1270. The molecule has 9 heteroatoms. The zero-order valence-corrected chi connectivity index (χ0v) is 21.3. The molecule has 180 valence electrons. The second-order valence-corrected chi connectivity index (χ2v) is 12.0. The third kappa shape index (κ3) is 5.70. The Balaban J connectivity index is 1.53. The summed E-state index contributed by atoms with van der Waals surface area (Å²) in [6, 6.07) is 14.8. The van der Waals surface area contributed by atoms with Crippen LogP contribution in [0.3, 0.4) is 0 Å². The number of nitrogens with zero attached hydrogens (tertiary/aromatic N) is 3. The summed E-state index contributed by atoms with van der Waals surface area (Å²) in [5, 5.41) is 12.6. The van der Waals surface area contributed by atoms with Crippen LogP contribution in [0.15, 0.2) is 58.6 Å². The summed E-state index contributed by atoms with van der Waals surface area (Å²) in [4.78, 5) is 12.9. The summed E-state index contributed by atoms with van der Waals surface area (Å²) in [6.07, 6.45) is 5.82. The van der Waals surface area contributed by atoms with Gasteiger partial charge in [-0.1, -0.05) is 55.3 Å². The maximum atomic E-state index is 12.6. The molecular formula is C25H30N4O3S2. The van der Waals surface area contributed by atoms with E-state index in [-0.39, 0.29) is 16.6 Å². The molecule has 2 aromatic carbocycles. The van der Waals surface area contributed by atoms with Gasteiger partial charge in [0, 0.05) is 23.5 Å². The highest BCUT2D eigenvalue weighted by molar-refractivity contribution is 7.99. The van der Waals surface area contributed by atoms with Crippen molar-refractivity contribution in [2.24, 2.45) is 5.92 Å². The minimum absolute atomic E-state index is 0.180. The number of carbonyl (C=O) groups excluding carboxylic acids is 1. The summed E-state index contributed by atoms with van der Waals surface area (Å²) in [7, 11) is -3.27. The lowest BCUT2D eigenvalue weighted by atomic mass is 9.85. The first kappa shape index (κ1) is 24.5. The van der Waals surface area contributed by atoms with E-state index in [4.69, 9.17) is 0 Å². The summed E-state index contributed by atoms with van der Waals surface area (Å²) in [6.45, 7) is 4.35. The first-order valence-corrected chi connectivity index (χ1v) is 14.3. The number of hydrogen-bond acceptors (Lipinski definition) is 6. The predicted octanol–water partition coefficient (Wildman–Crippen LogP) is 5.14. The van der Waals surface area contributed by atoms with Crippen LogP contribution in [0.25, 0.3) is 11.4 Å². The van der Waals surface area contributed by atoms with Crippen LogP contribution in [0.2, 0.25) is 0 Å². The normalized spacial score (nSPS) is 18.6. The number of nitrogens with one attached hydrogen (secondary N) is 1. The lowest BCUT2D eigenvalue weighted by Crippen LogP contribution is -2.23. The maximum Gasteiger partial charge on any atom is 0.234 e. The molecule has 1 aromatic heterocycles. The minimum Gasteiger partial charge on any atom is -0.325 e. The molecule has 1 N–H and O–H groups in total. The van der Waals surface area contributed by atoms with Gasteiger partial charge in [0.1, 0.15) is 0 Å². The second-order valence-electron chi connectivity index (χ2n) is 9.01. The summed E-state index contributed by atoms with van der Waals surface area (Å²) >= 11 is 1.38. The van der Waals surface area contributed by atoms with Gasteiger partial charge in [-0.05, 0) is 56.0 Å². The average Bonchev–Trinajstić information content (AvgIpc) is 3.21. The van der Waals surface area contributed by atoms with E-state index in [0.29, 0.717) is 17.6 Å². The molecule has 1 fully saturated rings. The number of carbonyl (C=O) groups is 1. The van der Waals surface area contributed by atoms with Crippen LogP contribution in [-0.2, 0) is 14.6 Å². The number of aryl methyl sites for hydroxylation is 1. The molecule has 7 nitrogen and oxygen atoms in total. The van der Waals surface area contributed by atoms with Crippen molar-refractivity contribution < 1.29 is 13.2 Å². The largest absolute Gasteiger partial charge is 0.325 e. The summed E-state index contributed by atoms with van der Waals surface area (Å²) < 4.78 is 25.5. The van der Waals surface area contributed by atoms with E-state index in [1.54, 1.807) is 12.1 Å². The highest BCUT2D eigenvalue weighted by Crippen LogP contribution is 2.39. The molecule has 0 unspecified atom stereocenters. The number of benzene rings is 2. The lowest BCUT2D eigenvalue weighted by molar-refractivity contribution is -0.113. The summed E-state index contributed by atoms with van der Waals surface area (Å²) in [5.41, 5.74) is 2.76. The molecule has 0 aliphatic heterocycles. The third-order valence-corrected chi connectivity index (χ3v) is 8.31. The van der Waals surface area contributed by atoms with Crippen LogP contribution in [0.4, 0.5) is 5.69 Å². The van der Waals surface area contributed by atoms with Gasteiger partial charge in [-0.25, -0.2) is 8.42 Å². The number of hydrogen-bond donors (Lipinski definition) is 1. The molecule has 2 atom stereocenters. The van der Waals surface area contributed by atoms with Crippen LogP contribution < -0.4 is 5.32 Å². The fraction of sp³-hybridized carbons (Fsp3) is 0.400. The highest BCUT2D eigenvalue weighted by atomic mass is 32.2. The molecule has 0 spiro atoms. The smallest absolute Gasteiger partial charge is 0.234 e. The Labute approximate surface area is 205 Å². The van der Waals surface area contributed by atoms with Gasteiger partial charge in [0.05, 0.1) is 10.6 Å². The zero-order valence-electron chi connectivity index (χ0n) is 19.7. The van der Waals surface area contributed by atoms with Gasteiger partial charge in [-0.2, -0.15) is 0 Å². The average molecular weight is 499 g/mol. The van der Waals surface area contributed by atoms with Gasteiger partial charge in [0.25, 0.3) is 0 Å². The molecule has 1 aliphatic rings. The molecule has 1 amide bonds. The van der Waals surface area contributed by atoms with E-state index in [2.05, 4.69) is 52.1 Å². The molecule has 4 rings (SSSR count). The van der Waals surface area contributed by atoms with Crippen LogP contribution >= 0.6 is 11.8 Å². The van der Waals surface area contributed by atoms with E-state index in [1.807, 2.05) is 6.07 Å². The predicted molar refractivity (Wildman–Crippen MR) is 136 cm³/mol. The number of anilines is 1. The van der Waals surface area contributed by atoms with E-state index in [1.165, 1.54) is 48.7 Å². The van der Waals surface area contributed by atoms with E-state index in [9.17, 15) is 13.2 Å². The Hall–Kier alpha value is -2.65. The van der Waals surface area contributed by atoms with Crippen molar-refractivity contribution in [1.29, 1.82) is 0 Å². The fourth-order valence-electron chi connectivity index (χ4n) is 4.45. The topological polar surface area (TPSA) is 94.0 Å². The van der Waals surface area contributed by atoms with Crippen molar-refractivity contribution in [2.45, 2.75) is 55.6 Å². The molecule has 0 saturated heterocycles. The monoisotopic (exact) mass is 498 g/mol. The van der Waals surface area contributed by atoms with Crippen molar-refractivity contribution >= 4 is 33.2 Å². The lowest BCUT2D eigenvalue weighted by Gasteiger charge is -2.31. The van der Waals surface area contributed by atoms with E-state index < -0.39 is 9.84 Å². The third-order valence-electron chi connectivity index (χ3n) is 6.24. The maximum absolute atomic E-state index is 12.6. The molecule has 0 radical (unpaired) electrons. The molecule has 0 bridgehead atoms. The Morgan fingerprint density at radius 1 is 1.12 bits per heavy atom. The van der Waals surface area contributed by atoms with Crippen molar-refractivity contribution in [3.63, 3.8) is 0 Å². The van der Waals surface area contributed by atoms with Crippen molar-refractivity contribution in [1.82, 2.24) is 14.8 Å². The van der Waals surface area contributed by atoms with Crippen molar-refractivity contribution in [2.75, 3.05) is 17.3 Å². The van der Waals surface area contributed by atoms with Gasteiger partial charge >= 0.3 is 0 Å². The minimum atomic E-state index is -3.27.